The first kappa shape index (κ1) is 16.3. The molecule has 1 fully saturated rings. The number of nitrogens with two attached hydrogens (primary N) is 1. The second-order valence-corrected chi connectivity index (χ2v) is 6.43. The smallest absolute Gasteiger partial charge is 0.119 e. The van der Waals surface area contributed by atoms with Crippen molar-refractivity contribution < 1.29 is 4.74 Å². The average Bonchev–Trinajstić information content (AvgIpc) is 2.43. The van der Waals surface area contributed by atoms with E-state index in [0.717, 1.165) is 31.9 Å². The maximum atomic E-state index is 5.91. The van der Waals surface area contributed by atoms with E-state index in [9.17, 15) is 0 Å². The predicted molar refractivity (Wildman–Crippen MR) is 88.9 cm³/mol. The Labute approximate surface area is 129 Å². The van der Waals surface area contributed by atoms with E-state index in [0.29, 0.717) is 12.1 Å². The molecule has 0 spiro atoms. The van der Waals surface area contributed by atoms with Crippen LogP contribution >= 0.6 is 0 Å². The van der Waals surface area contributed by atoms with Gasteiger partial charge in [-0.15, -0.1) is 0 Å². The van der Waals surface area contributed by atoms with Crippen molar-refractivity contribution in [3.05, 3.63) is 29.3 Å². The molecule has 1 aliphatic rings. The molecule has 2 atom stereocenters. The van der Waals surface area contributed by atoms with Gasteiger partial charge < -0.3 is 10.5 Å². The Hall–Kier alpha value is -1.06. The molecule has 1 aromatic rings. The van der Waals surface area contributed by atoms with Crippen LogP contribution in [0.1, 0.15) is 43.7 Å². The topological polar surface area (TPSA) is 38.5 Å². The van der Waals surface area contributed by atoms with Gasteiger partial charge >= 0.3 is 0 Å². The van der Waals surface area contributed by atoms with Gasteiger partial charge in [-0.25, -0.2) is 0 Å². The number of ether oxygens (including phenoxy) is 1. The maximum absolute atomic E-state index is 5.91. The maximum Gasteiger partial charge on any atom is 0.119 e. The monoisotopic (exact) mass is 290 g/mol. The molecular weight excluding hydrogens is 260 g/mol. The normalized spacial score (nSPS) is 23.2. The van der Waals surface area contributed by atoms with Crippen molar-refractivity contribution in [1.29, 1.82) is 0 Å². The average molecular weight is 290 g/mol. The van der Waals surface area contributed by atoms with Gasteiger partial charge in [0.25, 0.3) is 0 Å². The van der Waals surface area contributed by atoms with E-state index < -0.39 is 0 Å². The Morgan fingerprint density at radius 3 is 2.57 bits per heavy atom. The van der Waals surface area contributed by atoms with Crippen LogP contribution in [-0.4, -0.2) is 36.7 Å². The van der Waals surface area contributed by atoms with E-state index in [-0.39, 0.29) is 0 Å². The first-order chi connectivity index (χ1) is 10.1. The zero-order valence-corrected chi connectivity index (χ0v) is 13.8. The summed E-state index contributed by atoms with van der Waals surface area (Å²) in [6, 6.07) is 7.62. The molecular formula is C18H30N2O. The molecule has 0 saturated carbocycles. The number of nitrogens with zero attached hydrogens (tertiary/aromatic N) is 1. The highest BCUT2D eigenvalue weighted by Gasteiger charge is 2.26. The van der Waals surface area contributed by atoms with E-state index in [1.807, 2.05) is 0 Å². The summed E-state index contributed by atoms with van der Waals surface area (Å²) in [4.78, 5) is 2.58. The minimum atomic E-state index is 0.565. The highest BCUT2D eigenvalue weighted by Crippen LogP contribution is 2.22. The Bertz CT molecular complexity index is 427. The first-order valence-electron chi connectivity index (χ1n) is 8.27. The van der Waals surface area contributed by atoms with Gasteiger partial charge in [-0.05, 0) is 63.3 Å². The fourth-order valence-corrected chi connectivity index (χ4v) is 3.45. The van der Waals surface area contributed by atoms with E-state index >= 15 is 0 Å². The standard InChI is InChI=1S/C18H30N2O/c1-14-10-15(2)12-18(11-14)21-9-5-8-20-16(3)6-4-7-17(20)13-19/h10-12,16-17H,4-9,13,19H2,1-3H3. The molecule has 2 rings (SSSR count). The summed E-state index contributed by atoms with van der Waals surface area (Å²) < 4.78 is 5.90. The minimum Gasteiger partial charge on any atom is -0.494 e. The van der Waals surface area contributed by atoms with Gasteiger partial charge in [0, 0.05) is 25.2 Å². The van der Waals surface area contributed by atoms with Crippen LogP contribution in [0.3, 0.4) is 0 Å². The molecule has 1 aliphatic heterocycles. The molecule has 118 valence electrons. The molecule has 3 heteroatoms. The molecule has 1 saturated heterocycles. The summed E-state index contributed by atoms with van der Waals surface area (Å²) in [6.45, 7) is 9.20. The second kappa shape index (κ2) is 7.81. The summed E-state index contributed by atoms with van der Waals surface area (Å²) in [5.74, 6) is 0.995. The van der Waals surface area contributed by atoms with Crippen molar-refractivity contribution in [3.8, 4) is 5.75 Å². The number of likely N-dealkylation sites (tertiary alicyclic amines) is 1. The van der Waals surface area contributed by atoms with Crippen molar-refractivity contribution in [2.75, 3.05) is 19.7 Å². The Morgan fingerprint density at radius 1 is 1.19 bits per heavy atom. The highest BCUT2D eigenvalue weighted by molar-refractivity contribution is 5.32. The summed E-state index contributed by atoms with van der Waals surface area (Å²) in [6.07, 6.45) is 4.93. The van der Waals surface area contributed by atoms with Gasteiger partial charge in [0.1, 0.15) is 5.75 Å². The van der Waals surface area contributed by atoms with Crippen molar-refractivity contribution in [2.45, 2.75) is 58.5 Å². The zero-order chi connectivity index (χ0) is 15.2. The van der Waals surface area contributed by atoms with E-state index in [2.05, 4.69) is 43.9 Å². The third-order valence-corrected chi connectivity index (χ3v) is 4.49. The van der Waals surface area contributed by atoms with Crippen LogP contribution in [0, 0.1) is 13.8 Å². The van der Waals surface area contributed by atoms with Gasteiger partial charge in [0.2, 0.25) is 0 Å². The lowest BCUT2D eigenvalue weighted by atomic mass is 9.96. The predicted octanol–water partition coefficient (Wildman–Crippen LogP) is 3.27. The highest BCUT2D eigenvalue weighted by atomic mass is 16.5. The Balaban J connectivity index is 1.78. The van der Waals surface area contributed by atoms with E-state index in [1.54, 1.807) is 0 Å². The summed E-state index contributed by atoms with van der Waals surface area (Å²) in [5, 5.41) is 0. The number of benzene rings is 1. The molecule has 2 unspecified atom stereocenters. The van der Waals surface area contributed by atoms with Crippen LogP contribution < -0.4 is 10.5 Å². The van der Waals surface area contributed by atoms with Crippen LogP contribution in [0.4, 0.5) is 0 Å². The summed E-state index contributed by atoms with van der Waals surface area (Å²) in [7, 11) is 0. The third-order valence-electron chi connectivity index (χ3n) is 4.49. The molecule has 1 heterocycles. The van der Waals surface area contributed by atoms with Crippen LogP contribution in [-0.2, 0) is 0 Å². The van der Waals surface area contributed by atoms with Crippen molar-refractivity contribution in [2.24, 2.45) is 5.73 Å². The van der Waals surface area contributed by atoms with Gasteiger partial charge in [0.15, 0.2) is 0 Å². The fourth-order valence-electron chi connectivity index (χ4n) is 3.45. The van der Waals surface area contributed by atoms with Crippen molar-refractivity contribution in [1.82, 2.24) is 4.90 Å². The molecule has 21 heavy (non-hydrogen) atoms. The van der Waals surface area contributed by atoms with Gasteiger partial charge in [-0.2, -0.15) is 0 Å². The number of hydrogen-bond donors (Lipinski definition) is 1. The summed E-state index contributed by atoms with van der Waals surface area (Å²) in [5.41, 5.74) is 8.44. The molecule has 3 nitrogen and oxygen atoms in total. The number of piperidine rings is 1. The molecule has 0 bridgehead atoms. The van der Waals surface area contributed by atoms with E-state index in [4.69, 9.17) is 10.5 Å². The lowest BCUT2D eigenvalue weighted by Crippen LogP contribution is -2.49. The number of hydrogen-bond acceptors (Lipinski definition) is 3. The van der Waals surface area contributed by atoms with Crippen LogP contribution in [0.2, 0.25) is 0 Å². The SMILES string of the molecule is Cc1cc(C)cc(OCCCN2C(C)CCCC2CN)c1. The number of aryl methyl sites for hydroxylation is 2. The van der Waals surface area contributed by atoms with Gasteiger partial charge in [-0.1, -0.05) is 12.5 Å². The molecule has 0 radical (unpaired) electrons. The molecule has 0 aromatic heterocycles. The zero-order valence-electron chi connectivity index (χ0n) is 13.8. The first-order valence-corrected chi connectivity index (χ1v) is 8.27. The molecule has 0 amide bonds. The minimum absolute atomic E-state index is 0.565. The second-order valence-electron chi connectivity index (χ2n) is 6.43. The van der Waals surface area contributed by atoms with Crippen LogP contribution in [0.25, 0.3) is 0 Å². The molecule has 0 aliphatic carbocycles. The lowest BCUT2D eigenvalue weighted by Gasteiger charge is -2.40. The quantitative estimate of drug-likeness (QED) is 0.817. The van der Waals surface area contributed by atoms with Crippen LogP contribution in [0.5, 0.6) is 5.75 Å². The van der Waals surface area contributed by atoms with Crippen LogP contribution in [0.15, 0.2) is 18.2 Å². The Kier molecular flexibility index (Phi) is 6.07. The lowest BCUT2D eigenvalue weighted by molar-refractivity contribution is 0.0903. The van der Waals surface area contributed by atoms with Crippen molar-refractivity contribution >= 4 is 0 Å². The van der Waals surface area contributed by atoms with Crippen molar-refractivity contribution in [3.63, 3.8) is 0 Å². The molecule has 1 aromatic carbocycles. The largest absolute Gasteiger partial charge is 0.494 e. The molecule has 2 N–H and O–H groups in total. The summed E-state index contributed by atoms with van der Waals surface area (Å²) >= 11 is 0. The fraction of sp³-hybridized carbons (Fsp3) is 0.667. The third kappa shape index (κ3) is 4.72. The van der Waals surface area contributed by atoms with Gasteiger partial charge in [0.05, 0.1) is 6.61 Å². The van der Waals surface area contributed by atoms with E-state index in [1.165, 1.54) is 30.4 Å². The van der Waals surface area contributed by atoms with Gasteiger partial charge in [-0.3, -0.25) is 4.90 Å². The Morgan fingerprint density at radius 2 is 1.90 bits per heavy atom. The number of rotatable bonds is 6.